The molecule has 0 spiro atoms. The molecule has 1 aromatic carbocycles. The van der Waals surface area contributed by atoms with Crippen LogP contribution in [0.2, 0.25) is 0 Å². The van der Waals surface area contributed by atoms with E-state index in [4.69, 9.17) is 0 Å². The van der Waals surface area contributed by atoms with Crippen LogP contribution in [-0.2, 0) is 0 Å². The summed E-state index contributed by atoms with van der Waals surface area (Å²) in [5.74, 6) is 0. The standard InChI is InChI=1S/C18H21N3O5/c1-2-3-4-8-11-19-16(23)20-12-14(13-9-6-5-7-10-13)15(22)21(17(20)24)18(25)26/h5-7,9-10,12H,2-4,8,11H2,1H3,(H,19,23)(H,25,26). The van der Waals surface area contributed by atoms with Crippen LogP contribution in [0.15, 0.2) is 46.1 Å². The fourth-order valence-corrected chi connectivity index (χ4v) is 2.52. The van der Waals surface area contributed by atoms with E-state index in [2.05, 4.69) is 12.2 Å². The zero-order chi connectivity index (χ0) is 19.1. The maximum atomic E-state index is 12.4. The molecule has 1 amide bonds. The second-order valence-corrected chi connectivity index (χ2v) is 5.78. The van der Waals surface area contributed by atoms with Crippen LogP contribution in [0.3, 0.4) is 0 Å². The Morgan fingerprint density at radius 2 is 1.77 bits per heavy atom. The average molecular weight is 359 g/mol. The summed E-state index contributed by atoms with van der Waals surface area (Å²) >= 11 is 0. The number of hydrogen-bond donors (Lipinski definition) is 2. The molecule has 1 heterocycles. The summed E-state index contributed by atoms with van der Waals surface area (Å²) < 4.78 is 0.663. The molecule has 8 nitrogen and oxygen atoms in total. The molecule has 0 saturated heterocycles. The van der Waals surface area contributed by atoms with E-state index in [9.17, 15) is 24.3 Å². The largest absolute Gasteiger partial charge is 0.464 e. The zero-order valence-corrected chi connectivity index (χ0v) is 14.5. The smallest absolute Gasteiger partial charge is 0.422 e. The fourth-order valence-electron chi connectivity index (χ4n) is 2.52. The van der Waals surface area contributed by atoms with Crippen molar-refractivity contribution in [3.05, 3.63) is 57.4 Å². The van der Waals surface area contributed by atoms with E-state index in [-0.39, 0.29) is 10.1 Å². The minimum atomic E-state index is -1.73. The van der Waals surface area contributed by atoms with Crippen molar-refractivity contribution in [1.82, 2.24) is 14.5 Å². The number of unbranched alkanes of at least 4 members (excludes halogenated alkanes) is 3. The van der Waals surface area contributed by atoms with Gasteiger partial charge >= 0.3 is 17.8 Å². The third-order valence-electron chi connectivity index (χ3n) is 3.89. The van der Waals surface area contributed by atoms with Crippen LogP contribution < -0.4 is 16.6 Å². The molecule has 1 aromatic heterocycles. The van der Waals surface area contributed by atoms with Crippen LogP contribution in [-0.4, -0.2) is 32.9 Å². The van der Waals surface area contributed by atoms with E-state index in [1.54, 1.807) is 30.3 Å². The molecule has 2 rings (SSSR count). The molecular weight excluding hydrogens is 338 g/mol. The third kappa shape index (κ3) is 4.27. The maximum absolute atomic E-state index is 12.4. The Morgan fingerprint density at radius 3 is 2.38 bits per heavy atom. The number of carboxylic acid groups (broad SMARTS) is 1. The van der Waals surface area contributed by atoms with Gasteiger partial charge in [-0.3, -0.25) is 4.79 Å². The molecule has 0 atom stereocenters. The van der Waals surface area contributed by atoms with Crippen LogP contribution in [0, 0.1) is 0 Å². The molecule has 0 fully saturated rings. The first-order valence-corrected chi connectivity index (χ1v) is 8.43. The van der Waals surface area contributed by atoms with Crippen molar-refractivity contribution < 1.29 is 14.7 Å². The van der Waals surface area contributed by atoms with Crippen molar-refractivity contribution in [2.45, 2.75) is 32.6 Å². The Hall–Kier alpha value is -3.16. The quantitative estimate of drug-likeness (QED) is 0.769. The second kappa shape index (κ2) is 8.80. The van der Waals surface area contributed by atoms with Gasteiger partial charge in [-0.15, -0.1) is 0 Å². The highest BCUT2D eigenvalue weighted by molar-refractivity contribution is 5.79. The summed E-state index contributed by atoms with van der Waals surface area (Å²) in [5.41, 5.74) is -1.83. The van der Waals surface area contributed by atoms with E-state index in [1.165, 1.54) is 0 Å². The molecule has 0 unspecified atom stereocenters. The summed E-state index contributed by atoms with van der Waals surface area (Å²) in [6, 6.07) is 7.50. The topological polar surface area (TPSA) is 110 Å². The molecule has 26 heavy (non-hydrogen) atoms. The molecule has 138 valence electrons. The zero-order valence-electron chi connectivity index (χ0n) is 14.5. The number of benzene rings is 1. The number of nitrogens with zero attached hydrogens (tertiary/aromatic N) is 2. The van der Waals surface area contributed by atoms with Gasteiger partial charge in [0.2, 0.25) is 0 Å². The summed E-state index contributed by atoms with van der Waals surface area (Å²) in [4.78, 5) is 48.3. The molecule has 2 N–H and O–H groups in total. The van der Waals surface area contributed by atoms with Crippen molar-refractivity contribution in [3.63, 3.8) is 0 Å². The number of hydrogen-bond acceptors (Lipinski definition) is 4. The summed E-state index contributed by atoms with van der Waals surface area (Å²) in [6.45, 7) is 2.43. The Morgan fingerprint density at radius 1 is 1.08 bits per heavy atom. The average Bonchev–Trinajstić information content (AvgIpc) is 2.62. The lowest BCUT2D eigenvalue weighted by Crippen LogP contribution is -2.48. The molecule has 0 aliphatic carbocycles. The molecular formula is C18H21N3O5. The molecule has 0 bridgehead atoms. The maximum Gasteiger partial charge on any atom is 0.422 e. The summed E-state index contributed by atoms with van der Waals surface area (Å²) in [7, 11) is 0. The van der Waals surface area contributed by atoms with E-state index in [1.807, 2.05) is 0 Å². The van der Waals surface area contributed by atoms with Gasteiger partial charge in [0.25, 0.3) is 5.56 Å². The molecule has 8 heteroatoms. The van der Waals surface area contributed by atoms with Gasteiger partial charge in [-0.05, 0) is 12.0 Å². The van der Waals surface area contributed by atoms with Crippen molar-refractivity contribution in [2.24, 2.45) is 0 Å². The predicted molar refractivity (Wildman–Crippen MR) is 96.8 cm³/mol. The molecule has 0 radical (unpaired) electrons. The van der Waals surface area contributed by atoms with Gasteiger partial charge in [-0.1, -0.05) is 56.5 Å². The van der Waals surface area contributed by atoms with Crippen LogP contribution in [0.4, 0.5) is 9.59 Å². The summed E-state index contributed by atoms with van der Waals surface area (Å²) in [6.07, 6.45) is 3.13. The molecule has 2 aromatic rings. The lowest BCUT2D eigenvalue weighted by Gasteiger charge is -2.11. The van der Waals surface area contributed by atoms with Gasteiger partial charge in [0, 0.05) is 12.7 Å². The Balaban J connectivity index is 2.41. The first-order chi connectivity index (χ1) is 12.5. The molecule has 0 aliphatic heterocycles. The number of rotatable bonds is 6. The number of carbonyl (C=O) groups excluding carboxylic acids is 1. The van der Waals surface area contributed by atoms with Crippen LogP contribution in [0.1, 0.15) is 32.6 Å². The third-order valence-corrected chi connectivity index (χ3v) is 3.89. The highest BCUT2D eigenvalue weighted by atomic mass is 16.4. The Labute approximate surface area is 149 Å². The van der Waals surface area contributed by atoms with Gasteiger partial charge in [-0.25, -0.2) is 19.0 Å². The van der Waals surface area contributed by atoms with Crippen molar-refractivity contribution in [2.75, 3.05) is 6.54 Å². The van der Waals surface area contributed by atoms with Gasteiger partial charge < -0.3 is 10.4 Å². The summed E-state index contributed by atoms with van der Waals surface area (Å²) in [5, 5.41) is 11.8. The Bertz CT molecular complexity index is 899. The predicted octanol–water partition coefficient (Wildman–Crippen LogP) is 2.34. The van der Waals surface area contributed by atoms with Crippen molar-refractivity contribution >= 4 is 12.1 Å². The Kier molecular flexibility index (Phi) is 6.48. The highest BCUT2D eigenvalue weighted by Crippen LogP contribution is 2.13. The lowest BCUT2D eigenvalue weighted by atomic mass is 10.1. The number of amides is 1. The number of aromatic nitrogens is 2. The lowest BCUT2D eigenvalue weighted by molar-refractivity contribution is 0.193. The van der Waals surface area contributed by atoms with E-state index in [0.29, 0.717) is 16.7 Å². The first-order valence-electron chi connectivity index (χ1n) is 8.43. The number of nitrogens with one attached hydrogen (secondary N) is 1. The fraction of sp³-hybridized carbons (Fsp3) is 0.333. The normalized spacial score (nSPS) is 10.5. The van der Waals surface area contributed by atoms with Gasteiger partial charge in [-0.2, -0.15) is 4.57 Å². The highest BCUT2D eigenvalue weighted by Gasteiger charge is 2.20. The molecule has 0 aliphatic rings. The molecule has 0 saturated carbocycles. The number of carbonyl (C=O) groups is 2. The van der Waals surface area contributed by atoms with Crippen molar-refractivity contribution in [3.8, 4) is 11.1 Å². The van der Waals surface area contributed by atoms with Gasteiger partial charge in [0.1, 0.15) is 0 Å². The first kappa shape index (κ1) is 19.2. The monoisotopic (exact) mass is 359 g/mol. The second-order valence-electron chi connectivity index (χ2n) is 5.78. The minimum absolute atomic E-state index is 0.0407. The SMILES string of the molecule is CCCCCCNC(=O)n1cc(-c2ccccc2)c(=O)n(C(=O)O)c1=O. The van der Waals surface area contributed by atoms with Crippen LogP contribution in [0.25, 0.3) is 11.1 Å². The van der Waals surface area contributed by atoms with Gasteiger partial charge in [0.05, 0.1) is 5.56 Å². The minimum Gasteiger partial charge on any atom is -0.464 e. The van der Waals surface area contributed by atoms with E-state index in [0.717, 1.165) is 31.9 Å². The van der Waals surface area contributed by atoms with E-state index >= 15 is 0 Å². The van der Waals surface area contributed by atoms with Crippen LogP contribution >= 0.6 is 0 Å². The van der Waals surface area contributed by atoms with Crippen LogP contribution in [0.5, 0.6) is 0 Å². The van der Waals surface area contributed by atoms with Gasteiger partial charge in [0.15, 0.2) is 0 Å². The van der Waals surface area contributed by atoms with E-state index < -0.39 is 23.4 Å². The van der Waals surface area contributed by atoms with Crippen molar-refractivity contribution in [1.29, 1.82) is 0 Å².